The first kappa shape index (κ1) is 20.7. The molecule has 0 saturated heterocycles. The minimum Gasteiger partial charge on any atom is -0.206 e. The Balaban J connectivity index is 1.61. The van der Waals surface area contributed by atoms with Crippen molar-refractivity contribution in [1.82, 2.24) is 0 Å². The third-order valence-electron chi connectivity index (χ3n) is 6.07. The number of hydrogen-bond donors (Lipinski definition) is 0. The van der Waals surface area contributed by atoms with E-state index in [2.05, 4.69) is 43.3 Å². The van der Waals surface area contributed by atoms with Gasteiger partial charge in [0.15, 0.2) is 0 Å². The highest BCUT2D eigenvalue weighted by molar-refractivity contribution is 5.35. The highest BCUT2D eigenvalue weighted by Gasteiger charge is 2.21. The van der Waals surface area contributed by atoms with Crippen LogP contribution in [0.5, 0.6) is 0 Å². The van der Waals surface area contributed by atoms with Crippen molar-refractivity contribution in [3.8, 4) is 0 Å². The molecule has 0 aromatic heterocycles. The molecule has 2 aromatic carbocycles. The Labute approximate surface area is 166 Å². The van der Waals surface area contributed by atoms with Crippen LogP contribution in [0.1, 0.15) is 72.8 Å². The normalized spacial score (nSPS) is 20.2. The van der Waals surface area contributed by atoms with Gasteiger partial charge in [0.05, 0.1) is 5.56 Å². The number of aryl methyl sites for hydroxylation is 3. The van der Waals surface area contributed by atoms with Crippen molar-refractivity contribution in [1.29, 1.82) is 0 Å². The van der Waals surface area contributed by atoms with Gasteiger partial charge in [0.1, 0.15) is 5.82 Å². The van der Waals surface area contributed by atoms with Crippen LogP contribution in [0.15, 0.2) is 48.6 Å². The zero-order chi connectivity index (χ0) is 20.1. The van der Waals surface area contributed by atoms with E-state index >= 15 is 0 Å². The molecule has 0 atom stereocenters. The molecule has 0 unspecified atom stereocenters. The van der Waals surface area contributed by atoms with Crippen LogP contribution < -0.4 is 0 Å². The van der Waals surface area contributed by atoms with E-state index < -0.39 is 17.8 Å². The molecule has 28 heavy (non-hydrogen) atoms. The van der Waals surface area contributed by atoms with Crippen molar-refractivity contribution in [2.24, 2.45) is 5.92 Å². The third-order valence-corrected chi connectivity index (χ3v) is 6.07. The van der Waals surface area contributed by atoms with Gasteiger partial charge in [0.25, 0.3) is 6.43 Å². The number of hydrogen-bond acceptors (Lipinski definition) is 0. The molecule has 0 heterocycles. The molecule has 0 N–H and O–H groups in total. The van der Waals surface area contributed by atoms with Crippen molar-refractivity contribution >= 4 is 0 Å². The van der Waals surface area contributed by atoms with E-state index in [4.69, 9.17) is 0 Å². The quantitative estimate of drug-likeness (QED) is 0.446. The summed E-state index contributed by atoms with van der Waals surface area (Å²) in [6.07, 6.45) is 7.72. The molecule has 0 bridgehead atoms. The SMILES string of the molecule is CC=CC1CCC(c2ccc(CCc3ccc(C)c(C(F)F)c3F)cc2)CC1. The Kier molecular flexibility index (Phi) is 6.98. The van der Waals surface area contributed by atoms with Crippen LogP contribution in [0.2, 0.25) is 0 Å². The van der Waals surface area contributed by atoms with Crippen molar-refractivity contribution in [3.63, 3.8) is 0 Å². The van der Waals surface area contributed by atoms with Crippen LogP contribution in [-0.4, -0.2) is 0 Å². The average molecular weight is 387 g/mol. The van der Waals surface area contributed by atoms with E-state index in [1.54, 1.807) is 12.1 Å². The van der Waals surface area contributed by atoms with Crippen molar-refractivity contribution in [2.45, 2.75) is 64.7 Å². The first-order valence-electron chi connectivity index (χ1n) is 10.3. The Hall–Kier alpha value is -2.03. The summed E-state index contributed by atoms with van der Waals surface area (Å²) in [7, 11) is 0. The van der Waals surface area contributed by atoms with Gasteiger partial charge in [-0.1, -0.05) is 48.6 Å². The largest absolute Gasteiger partial charge is 0.266 e. The van der Waals surface area contributed by atoms with Crippen LogP contribution in [0.3, 0.4) is 0 Å². The van der Waals surface area contributed by atoms with Crippen molar-refractivity contribution in [3.05, 3.63) is 82.2 Å². The standard InChI is InChI=1S/C25H29F3/c1-3-4-18-6-12-20(13-7-18)21-14-8-19(9-15-21)10-16-22-11-5-17(2)23(24(22)26)25(27)28/h3-5,8-9,11,14-15,18,20,25H,6-7,10,12-13,16H2,1-2H3. The summed E-state index contributed by atoms with van der Waals surface area (Å²) >= 11 is 0. The second kappa shape index (κ2) is 9.45. The highest BCUT2D eigenvalue weighted by atomic mass is 19.3. The minimum atomic E-state index is -2.78. The fraction of sp³-hybridized carbons (Fsp3) is 0.440. The first-order valence-corrected chi connectivity index (χ1v) is 10.3. The van der Waals surface area contributed by atoms with Gasteiger partial charge in [-0.15, -0.1) is 0 Å². The molecule has 3 rings (SSSR count). The molecule has 0 radical (unpaired) electrons. The lowest BCUT2D eigenvalue weighted by Gasteiger charge is -2.27. The zero-order valence-corrected chi connectivity index (χ0v) is 16.7. The molecule has 3 heteroatoms. The van der Waals surface area contributed by atoms with E-state index in [9.17, 15) is 13.2 Å². The Morgan fingerprint density at radius 3 is 2.25 bits per heavy atom. The molecule has 1 fully saturated rings. The van der Waals surface area contributed by atoms with Gasteiger partial charge in [0, 0.05) is 0 Å². The molecule has 0 spiro atoms. The van der Waals surface area contributed by atoms with Gasteiger partial charge in [-0.2, -0.15) is 0 Å². The molecule has 0 amide bonds. The Morgan fingerprint density at radius 1 is 0.964 bits per heavy atom. The Bertz CT molecular complexity index is 797. The highest BCUT2D eigenvalue weighted by Crippen LogP contribution is 2.36. The number of rotatable bonds is 6. The van der Waals surface area contributed by atoms with Crippen LogP contribution in [-0.2, 0) is 12.8 Å². The molecule has 1 aliphatic rings. The lowest BCUT2D eigenvalue weighted by Crippen LogP contribution is -2.11. The molecule has 0 aliphatic heterocycles. The maximum atomic E-state index is 14.4. The second-order valence-corrected chi connectivity index (χ2v) is 7.95. The van der Waals surface area contributed by atoms with E-state index in [0.717, 1.165) is 11.5 Å². The summed E-state index contributed by atoms with van der Waals surface area (Å²) in [4.78, 5) is 0. The molecule has 150 valence electrons. The summed E-state index contributed by atoms with van der Waals surface area (Å²) in [5.74, 6) is 0.603. The number of benzene rings is 2. The fourth-order valence-corrected chi connectivity index (χ4v) is 4.35. The monoisotopic (exact) mass is 386 g/mol. The van der Waals surface area contributed by atoms with Gasteiger partial charge < -0.3 is 0 Å². The number of halogens is 3. The maximum Gasteiger partial charge on any atom is 0.266 e. The van der Waals surface area contributed by atoms with Crippen molar-refractivity contribution in [2.75, 3.05) is 0 Å². The molecule has 2 aromatic rings. The van der Waals surface area contributed by atoms with Crippen LogP contribution >= 0.6 is 0 Å². The van der Waals surface area contributed by atoms with Gasteiger partial charge >= 0.3 is 0 Å². The minimum absolute atomic E-state index is 0.310. The summed E-state index contributed by atoms with van der Waals surface area (Å²) in [6, 6.07) is 11.8. The molecular formula is C25H29F3. The van der Waals surface area contributed by atoms with Crippen molar-refractivity contribution < 1.29 is 13.2 Å². The summed E-state index contributed by atoms with van der Waals surface area (Å²) in [5.41, 5.74) is 2.72. The smallest absolute Gasteiger partial charge is 0.206 e. The summed E-state index contributed by atoms with van der Waals surface area (Å²) in [5, 5.41) is 0. The second-order valence-electron chi connectivity index (χ2n) is 7.95. The predicted molar refractivity (Wildman–Crippen MR) is 109 cm³/mol. The molecule has 1 aliphatic carbocycles. The average Bonchev–Trinajstić information content (AvgIpc) is 2.68. The Morgan fingerprint density at radius 2 is 1.64 bits per heavy atom. The lowest BCUT2D eigenvalue weighted by atomic mass is 9.78. The predicted octanol–water partition coefficient (Wildman–Crippen LogP) is 7.71. The zero-order valence-electron chi connectivity index (χ0n) is 16.7. The lowest BCUT2D eigenvalue weighted by molar-refractivity contribution is 0.145. The van der Waals surface area contributed by atoms with E-state index in [1.165, 1.54) is 38.2 Å². The fourth-order valence-electron chi connectivity index (χ4n) is 4.35. The summed E-state index contributed by atoms with van der Waals surface area (Å²) < 4.78 is 40.5. The van der Waals surface area contributed by atoms with Gasteiger partial charge in [-0.3, -0.25) is 0 Å². The number of alkyl halides is 2. The summed E-state index contributed by atoms with van der Waals surface area (Å²) in [6.45, 7) is 3.61. The van der Waals surface area contributed by atoms with Gasteiger partial charge in [0.2, 0.25) is 0 Å². The first-order chi connectivity index (χ1) is 13.5. The molecular weight excluding hydrogens is 357 g/mol. The van der Waals surface area contributed by atoms with E-state index in [-0.39, 0.29) is 0 Å². The maximum absolute atomic E-state index is 14.4. The topological polar surface area (TPSA) is 0 Å². The molecule has 0 nitrogen and oxygen atoms in total. The van der Waals surface area contributed by atoms with Crippen LogP contribution in [0.4, 0.5) is 13.2 Å². The van der Waals surface area contributed by atoms with E-state index in [0.29, 0.717) is 29.9 Å². The number of allylic oxidation sites excluding steroid dienone is 2. The van der Waals surface area contributed by atoms with Crippen LogP contribution in [0, 0.1) is 18.7 Å². The van der Waals surface area contributed by atoms with Crippen LogP contribution in [0.25, 0.3) is 0 Å². The van der Waals surface area contributed by atoms with E-state index in [1.807, 2.05) is 0 Å². The van der Waals surface area contributed by atoms with Gasteiger partial charge in [-0.25, -0.2) is 13.2 Å². The molecule has 1 saturated carbocycles. The van der Waals surface area contributed by atoms with Gasteiger partial charge in [-0.05, 0) is 86.5 Å². The third kappa shape index (κ3) is 4.87.